The maximum atomic E-state index is 12.5. The van der Waals surface area contributed by atoms with E-state index in [9.17, 15) is 4.79 Å². The molecular formula is C22H27N5O3. The number of tetrazole rings is 1. The van der Waals surface area contributed by atoms with Crippen LogP contribution in [0.5, 0.6) is 11.5 Å². The lowest BCUT2D eigenvalue weighted by molar-refractivity contribution is 0.102. The van der Waals surface area contributed by atoms with Crippen LogP contribution in [0.3, 0.4) is 0 Å². The average Bonchev–Trinajstić information content (AvgIpc) is 3.29. The first-order valence-corrected chi connectivity index (χ1v) is 10.2. The number of unbranched alkanes of at least 4 members (excludes halogenated alkanes) is 4. The normalized spacial score (nSPS) is 10.6. The number of anilines is 1. The largest absolute Gasteiger partial charge is 0.494 e. The Morgan fingerprint density at radius 1 is 1.00 bits per heavy atom. The number of ether oxygens (including phenoxy) is 2. The second kappa shape index (κ2) is 11.5. The number of carbonyl (C=O) groups excluding carboxylic acids is 1. The zero-order valence-electron chi connectivity index (χ0n) is 17.1. The predicted octanol–water partition coefficient (Wildman–Crippen LogP) is 4.38. The maximum Gasteiger partial charge on any atom is 0.255 e. The Balaban J connectivity index is 1.46. The van der Waals surface area contributed by atoms with E-state index < -0.39 is 0 Å². The van der Waals surface area contributed by atoms with Crippen LogP contribution in [-0.4, -0.2) is 33.1 Å². The molecule has 158 valence electrons. The number of hydrogen-bond acceptors (Lipinski definition) is 6. The van der Waals surface area contributed by atoms with Crippen LogP contribution in [0.1, 0.15) is 55.2 Å². The number of aromatic amines is 1. The number of aromatic nitrogens is 4. The summed E-state index contributed by atoms with van der Waals surface area (Å²) in [5, 5.41) is 16.3. The maximum absolute atomic E-state index is 12.5. The van der Waals surface area contributed by atoms with Gasteiger partial charge in [0.05, 0.1) is 6.61 Å². The van der Waals surface area contributed by atoms with Crippen molar-refractivity contribution in [2.24, 2.45) is 0 Å². The molecule has 0 saturated carbocycles. The van der Waals surface area contributed by atoms with E-state index in [2.05, 4.69) is 32.9 Å². The van der Waals surface area contributed by atoms with Gasteiger partial charge in [0, 0.05) is 17.3 Å². The van der Waals surface area contributed by atoms with Gasteiger partial charge in [0.25, 0.3) is 5.91 Å². The molecule has 8 nitrogen and oxygen atoms in total. The van der Waals surface area contributed by atoms with Crippen molar-refractivity contribution in [1.82, 2.24) is 20.6 Å². The molecule has 30 heavy (non-hydrogen) atoms. The van der Waals surface area contributed by atoms with E-state index in [1.54, 1.807) is 36.4 Å². The van der Waals surface area contributed by atoms with Crippen LogP contribution in [0.15, 0.2) is 48.5 Å². The first-order chi connectivity index (χ1) is 14.7. The number of hydrogen-bond donors (Lipinski definition) is 2. The monoisotopic (exact) mass is 409 g/mol. The number of amides is 1. The van der Waals surface area contributed by atoms with Crippen molar-refractivity contribution in [2.45, 2.75) is 45.6 Å². The Kier molecular flexibility index (Phi) is 8.20. The molecule has 1 heterocycles. The van der Waals surface area contributed by atoms with Gasteiger partial charge in [0.15, 0.2) is 5.82 Å². The fourth-order valence-electron chi connectivity index (χ4n) is 2.86. The van der Waals surface area contributed by atoms with E-state index in [1.807, 2.05) is 12.1 Å². The van der Waals surface area contributed by atoms with E-state index in [0.717, 1.165) is 12.2 Å². The molecule has 1 aromatic heterocycles. The molecule has 2 N–H and O–H groups in total. The molecule has 0 atom stereocenters. The molecule has 0 spiro atoms. The van der Waals surface area contributed by atoms with E-state index in [-0.39, 0.29) is 12.5 Å². The number of H-pyrrole nitrogens is 1. The number of benzene rings is 2. The number of rotatable bonds is 12. The van der Waals surface area contributed by atoms with Gasteiger partial charge in [-0.2, -0.15) is 0 Å². The van der Waals surface area contributed by atoms with Gasteiger partial charge in [-0.25, -0.2) is 5.10 Å². The Morgan fingerprint density at radius 2 is 1.83 bits per heavy atom. The van der Waals surface area contributed by atoms with Crippen LogP contribution in [0.25, 0.3) is 0 Å². The van der Waals surface area contributed by atoms with Crippen molar-refractivity contribution in [1.29, 1.82) is 0 Å². The van der Waals surface area contributed by atoms with Crippen molar-refractivity contribution in [3.8, 4) is 11.5 Å². The quantitative estimate of drug-likeness (QED) is 0.430. The summed E-state index contributed by atoms with van der Waals surface area (Å²) in [6.45, 7) is 3.12. The van der Waals surface area contributed by atoms with E-state index in [4.69, 9.17) is 9.47 Å². The van der Waals surface area contributed by atoms with Crippen LogP contribution in [0, 0.1) is 0 Å². The molecule has 0 saturated heterocycles. The van der Waals surface area contributed by atoms with E-state index >= 15 is 0 Å². The van der Waals surface area contributed by atoms with Gasteiger partial charge < -0.3 is 14.8 Å². The topological polar surface area (TPSA) is 102 Å². The van der Waals surface area contributed by atoms with Gasteiger partial charge in [-0.1, -0.05) is 38.7 Å². The van der Waals surface area contributed by atoms with E-state index in [0.29, 0.717) is 29.4 Å². The minimum absolute atomic E-state index is 0.197. The molecule has 0 aliphatic carbocycles. The van der Waals surface area contributed by atoms with Crippen molar-refractivity contribution in [3.63, 3.8) is 0 Å². The molecule has 0 bridgehead atoms. The third kappa shape index (κ3) is 6.88. The number of nitrogens with one attached hydrogen (secondary N) is 2. The van der Waals surface area contributed by atoms with E-state index in [1.165, 1.54) is 25.7 Å². The van der Waals surface area contributed by atoms with Gasteiger partial charge in [-0.3, -0.25) is 4.79 Å². The zero-order chi connectivity index (χ0) is 21.0. The second-order valence-electron chi connectivity index (χ2n) is 6.91. The summed E-state index contributed by atoms with van der Waals surface area (Å²) in [5.41, 5.74) is 1.20. The summed E-state index contributed by atoms with van der Waals surface area (Å²) in [6.07, 6.45) is 6.00. The minimum atomic E-state index is -0.197. The lowest BCUT2D eigenvalue weighted by Crippen LogP contribution is -2.12. The number of nitrogens with zero attached hydrogens (tertiary/aromatic N) is 3. The highest BCUT2D eigenvalue weighted by Crippen LogP contribution is 2.20. The van der Waals surface area contributed by atoms with Crippen LogP contribution in [0.4, 0.5) is 5.69 Å². The first-order valence-electron chi connectivity index (χ1n) is 10.2. The van der Waals surface area contributed by atoms with Crippen molar-refractivity contribution < 1.29 is 14.3 Å². The summed E-state index contributed by atoms with van der Waals surface area (Å²) in [4.78, 5) is 12.5. The first kappa shape index (κ1) is 21.3. The molecule has 0 aliphatic heterocycles. The van der Waals surface area contributed by atoms with Crippen LogP contribution in [-0.2, 0) is 6.61 Å². The highest BCUT2D eigenvalue weighted by molar-refractivity contribution is 6.04. The highest BCUT2D eigenvalue weighted by Gasteiger charge is 2.08. The van der Waals surface area contributed by atoms with Crippen LogP contribution >= 0.6 is 0 Å². The summed E-state index contributed by atoms with van der Waals surface area (Å²) in [6, 6.07) is 14.3. The lowest BCUT2D eigenvalue weighted by Gasteiger charge is -2.09. The molecule has 2 aromatic carbocycles. The molecule has 3 rings (SSSR count). The van der Waals surface area contributed by atoms with Gasteiger partial charge in [-0.15, -0.1) is 5.10 Å². The highest BCUT2D eigenvalue weighted by atomic mass is 16.5. The number of carbonyl (C=O) groups is 1. The third-order valence-corrected chi connectivity index (χ3v) is 4.49. The zero-order valence-corrected chi connectivity index (χ0v) is 17.1. The average molecular weight is 409 g/mol. The molecule has 0 aliphatic rings. The van der Waals surface area contributed by atoms with Crippen molar-refractivity contribution in [2.75, 3.05) is 11.9 Å². The molecule has 0 radical (unpaired) electrons. The lowest BCUT2D eigenvalue weighted by atomic mass is 10.1. The predicted molar refractivity (Wildman–Crippen MR) is 114 cm³/mol. The summed E-state index contributed by atoms with van der Waals surface area (Å²) >= 11 is 0. The Bertz CT molecular complexity index is 897. The van der Waals surface area contributed by atoms with Gasteiger partial charge in [0.1, 0.15) is 18.1 Å². The Hall–Kier alpha value is -3.42. The Labute approximate surface area is 176 Å². The fourth-order valence-corrected chi connectivity index (χ4v) is 2.86. The standard InChI is InChI=1S/C22H27N5O3/c1-2-3-4-5-6-14-29-19-12-10-17(11-13-19)22(28)23-18-8-7-9-20(15-18)30-16-21-24-26-27-25-21/h7-13,15H,2-6,14,16H2,1H3,(H,23,28)(H,24,25,26,27). The smallest absolute Gasteiger partial charge is 0.255 e. The van der Waals surface area contributed by atoms with Gasteiger partial charge in [0.2, 0.25) is 0 Å². The third-order valence-electron chi connectivity index (χ3n) is 4.49. The van der Waals surface area contributed by atoms with Crippen molar-refractivity contribution >= 4 is 11.6 Å². The Morgan fingerprint density at radius 3 is 2.60 bits per heavy atom. The SMILES string of the molecule is CCCCCCCOc1ccc(C(=O)Nc2cccc(OCc3nnn[nH]3)c2)cc1. The van der Waals surface area contributed by atoms with Crippen LogP contribution < -0.4 is 14.8 Å². The summed E-state index contributed by atoms with van der Waals surface area (Å²) in [5.74, 6) is 1.71. The van der Waals surface area contributed by atoms with Crippen molar-refractivity contribution in [3.05, 3.63) is 59.9 Å². The molecular weight excluding hydrogens is 382 g/mol. The van der Waals surface area contributed by atoms with Gasteiger partial charge >= 0.3 is 0 Å². The summed E-state index contributed by atoms with van der Waals surface area (Å²) in [7, 11) is 0. The fraction of sp³-hybridized carbons (Fsp3) is 0.364. The molecule has 0 unspecified atom stereocenters. The van der Waals surface area contributed by atoms with Crippen LogP contribution in [0.2, 0.25) is 0 Å². The molecule has 0 fully saturated rings. The van der Waals surface area contributed by atoms with Gasteiger partial charge in [-0.05, 0) is 53.2 Å². The molecule has 8 heteroatoms. The minimum Gasteiger partial charge on any atom is -0.494 e. The second-order valence-corrected chi connectivity index (χ2v) is 6.91. The summed E-state index contributed by atoms with van der Waals surface area (Å²) < 4.78 is 11.4. The molecule has 1 amide bonds. The molecule has 3 aromatic rings.